The third-order valence-corrected chi connectivity index (χ3v) is 3.05. The van der Waals surface area contributed by atoms with Crippen LogP contribution in [0.1, 0.15) is 16.1 Å². The van der Waals surface area contributed by atoms with Gasteiger partial charge in [0.2, 0.25) is 0 Å². The molecule has 1 aromatic heterocycles. The fourth-order valence-corrected chi connectivity index (χ4v) is 1.86. The van der Waals surface area contributed by atoms with Crippen LogP contribution in [-0.4, -0.2) is 15.7 Å². The van der Waals surface area contributed by atoms with Gasteiger partial charge in [-0.25, -0.2) is 4.68 Å². The number of carbonyl (C=O) groups is 1. The van der Waals surface area contributed by atoms with Crippen LogP contribution in [0.25, 0.3) is 0 Å². The van der Waals surface area contributed by atoms with Crippen molar-refractivity contribution in [1.29, 1.82) is 0 Å². The van der Waals surface area contributed by atoms with Crippen LogP contribution in [0.3, 0.4) is 0 Å². The van der Waals surface area contributed by atoms with Crippen molar-refractivity contribution in [2.45, 2.75) is 6.18 Å². The van der Waals surface area contributed by atoms with E-state index in [9.17, 15) is 22.8 Å². The first-order valence-electron chi connectivity index (χ1n) is 5.91. The monoisotopic (exact) mass is 331 g/mol. The lowest BCUT2D eigenvalue weighted by Crippen LogP contribution is -2.23. The Kier molecular flexibility index (Phi) is 4.23. The Morgan fingerprint density at radius 3 is 2.55 bits per heavy atom. The molecule has 1 aromatic carbocycles. The fraction of sp³-hybridized carbons (Fsp3) is 0.154. The molecule has 0 aliphatic rings. The lowest BCUT2D eigenvalue weighted by atomic mass is 10.2. The molecule has 0 unspecified atom stereocenters. The van der Waals surface area contributed by atoms with Crippen molar-refractivity contribution >= 4 is 23.2 Å². The van der Waals surface area contributed by atoms with E-state index in [1.807, 2.05) is 0 Å². The summed E-state index contributed by atoms with van der Waals surface area (Å²) >= 11 is 5.49. The summed E-state index contributed by atoms with van der Waals surface area (Å²) in [6.07, 6.45) is -4.63. The van der Waals surface area contributed by atoms with Crippen molar-refractivity contribution in [3.05, 3.63) is 57.0 Å². The van der Waals surface area contributed by atoms with E-state index in [-0.39, 0.29) is 11.4 Å². The highest BCUT2D eigenvalue weighted by atomic mass is 35.5. The predicted molar refractivity (Wildman–Crippen MR) is 73.9 cm³/mol. The van der Waals surface area contributed by atoms with Crippen LogP contribution in [0.15, 0.2) is 35.1 Å². The van der Waals surface area contributed by atoms with Gasteiger partial charge in [-0.05, 0) is 24.3 Å². The summed E-state index contributed by atoms with van der Waals surface area (Å²) in [7, 11) is 1.35. The van der Waals surface area contributed by atoms with E-state index >= 15 is 0 Å². The Bertz CT molecular complexity index is 787. The van der Waals surface area contributed by atoms with Crippen molar-refractivity contribution in [3.8, 4) is 0 Å². The zero-order valence-electron chi connectivity index (χ0n) is 11.1. The van der Waals surface area contributed by atoms with E-state index in [2.05, 4.69) is 10.4 Å². The number of nitrogens with one attached hydrogen (secondary N) is 1. The van der Waals surface area contributed by atoms with Crippen molar-refractivity contribution in [1.82, 2.24) is 9.78 Å². The summed E-state index contributed by atoms with van der Waals surface area (Å²) < 4.78 is 39.2. The Morgan fingerprint density at radius 2 is 1.95 bits per heavy atom. The first kappa shape index (κ1) is 16.0. The van der Waals surface area contributed by atoms with Crippen LogP contribution in [0.4, 0.5) is 18.9 Å². The second-order valence-electron chi connectivity index (χ2n) is 4.33. The smallest absolute Gasteiger partial charge is 0.321 e. The molecule has 5 nitrogen and oxygen atoms in total. The number of aromatic nitrogens is 2. The molecule has 2 rings (SSSR count). The Morgan fingerprint density at radius 1 is 1.27 bits per heavy atom. The predicted octanol–water partition coefficient (Wildman–Crippen LogP) is 2.70. The van der Waals surface area contributed by atoms with Gasteiger partial charge in [-0.3, -0.25) is 9.59 Å². The van der Waals surface area contributed by atoms with Crippen molar-refractivity contribution in [2.75, 3.05) is 5.32 Å². The van der Waals surface area contributed by atoms with E-state index < -0.39 is 28.2 Å². The molecule has 0 aliphatic heterocycles. The lowest BCUT2D eigenvalue weighted by molar-refractivity contribution is -0.137. The molecule has 0 aliphatic carbocycles. The van der Waals surface area contributed by atoms with E-state index in [4.69, 9.17) is 11.6 Å². The minimum atomic E-state index is -4.63. The van der Waals surface area contributed by atoms with E-state index in [1.165, 1.54) is 19.2 Å². The van der Waals surface area contributed by atoms with Crippen LogP contribution in [0.5, 0.6) is 0 Å². The van der Waals surface area contributed by atoms with Crippen LogP contribution < -0.4 is 10.9 Å². The summed E-state index contributed by atoms with van der Waals surface area (Å²) in [6.45, 7) is 0. The molecule has 0 saturated heterocycles. The highest BCUT2D eigenvalue weighted by molar-refractivity contribution is 6.31. The molecular weight excluding hydrogens is 323 g/mol. The minimum Gasteiger partial charge on any atom is -0.321 e. The van der Waals surface area contributed by atoms with E-state index in [0.29, 0.717) is 0 Å². The van der Waals surface area contributed by atoms with E-state index in [1.54, 1.807) is 0 Å². The van der Waals surface area contributed by atoms with Gasteiger partial charge in [0.1, 0.15) is 5.69 Å². The van der Waals surface area contributed by atoms with Gasteiger partial charge in [-0.15, -0.1) is 0 Å². The maximum absolute atomic E-state index is 12.7. The highest BCUT2D eigenvalue weighted by Crippen LogP contribution is 2.36. The van der Waals surface area contributed by atoms with Crippen molar-refractivity contribution < 1.29 is 18.0 Å². The fourth-order valence-electron chi connectivity index (χ4n) is 1.64. The van der Waals surface area contributed by atoms with Gasteiger partial charge in [0.25, 0.3) is 11.5 Å². The molecule has 1 amide bonds. The van der Waals surface area contributed by atoms with Crippen LogP contribution in [0.2, 0.25) is 5.02 Å². The van der Waals surface area contributed by atoms with Gasteiger partial charge in [-0.2, -0.15) is 18.3 Å². The second-order valence-corrected chi connectivity index (χ2v) is 4.73. The summed E-state index contributed by atoms with van der Waals surface area (Å²) in [5.74, 6) is -0.744. The standard InChI is InChI=1S/C13H9ClF3N3O2/c1-20-11(21)5-4-10(19-20)12(22)18-7-2-3-9(14)8(6-7)13(15,16)17/h2-6H,1H3,(H,18,22). The second kappa shape index (κ2) is 5.80. The number of hydrogen-bond acceptors (Lipinski definition) is 3. The van der Waals surface area contributed by atoms with Gasteiger partial charge < -0.3 is 5.32 Å². The third kappa shape index (κ3) is 3.45. The molecule has 0 spiro atoms. The van der Waals surface area contributed by atoms with Crippen molar-refractivity contribution in [2.24, 2.45) is 7.05 Å². The molecule has 22 heavy (non-hydrogen) atoms. The van der Waals surface area contributed by atoms with Crippen LogP contribution >= 0.6 is 11.6 Å². The molecule has 1 N–H and O–H groups in total. The molecule has 2 aromatic rings. The molecule has 0 fully saturated rings. The largest absolute Gasteiger partial charge is 0.417 e. The maximum atomic E-state index is 12.7. The van der Waals surface area contributed by atoms with Crippen LogP contribution in [0, 0.1) is 0 Å². The Labute approximate surface area is 127 Å². The number of rotatable bonds is 2. The quantitative estimate of drug-likeness (QED) is 0.920. The molecular formula is C13H9ClF3N3O2. The molecule has 0 atom stereocenters. The molecule has 0 radical (unpaired) electrons. The molecule has 9 heteroatoms. The SMILES string of the molecule is Cn1nc(C(=O)Nc2ccc(Cl)c(C(F)(F)F)c2)ccc1=O. The number of anilines is 1. The minimum absolute atomic E-state index is 0.0858. The normalized spacial score (nSPS) is 11.3. The topological polar surface area (TPSA) is 64.0 Å². The number of carbonyl (C=O) groups excluding carboxylic acids is 1. The van der Waals surface area contributed by atoms with Gasteiger partial charge in [-0.1, -0.05) is 11.6 Å². The van der Waals surface area contributed by atoms with Gasteiger partial charge in [0.15, 0.2) is 0 Å². The number of alkyl halides is 3. The first-order valence-corrected chi connectivity index (χ1v) is 6.29. The number of hydrogen-bond donors (Lipinski definition) is 1. The van der Waals surface area contributed by atoms with Crippen molar-refractivity contribution in [3.63, 3.8) is 0 Å². The summed E-state index contributed by atoms with van der Waals surface area (Å²) in [5, 5.41) is 5.50. The molecule has 0 saturated carbocycles. The van der Waals surface area contributed by atoms with E-state index in [0.717, 1.165) is 22.9 Å². The lowest BCUT2D eigenvalue weighted by Gasteiger charge is -2.11. The highest BCUT2D eigenvalue weighted by Gasteiger charge is 2.33. The molecule has 1 heterocycles. The molecule has 116 valence electrons. The van der Waals surface area contributed by atoms with Crippen LogP contribution in [-0.2, 0) is 13.2 Å². The third-order valence-electron chi connectivity index (χ3n) is 2.72. The van der Waals surface area contributed by atoms with Gasteiger partial charge in [0.05, 0.1) is 10.6 Å². The molecule has 0 bridgehead atoms. The average Bonchev–Trinajstić information content (AvgIpc) is 2.42. The van der Waals surface area contributed by atoms with Gasteiger partial charge in [0, 0.05) is 18.8 Å². The summed E-state index contributed by atoms with van der Waals surface area (Å²) in [5.41, 5.74) is -1.66. The Hall–Kier alpha value is -2.35. The number of benzene rings is 1. The number of aryl methyl sites for hydroxylation is 1. The number of amides is 1. The summed E-state index contributed by atoms with van der Waals surface area (Å²) in [6, 6.07) is 5.30. The number of nitrogens with zero attached hydrogens (tertiary/aromatic N) is 2. The zero-order chi connectivity index (χ0) is 16.5. The maximum Gasteiger partial charge on any atom is 0.417 e. The average molecular weight is 332 g/mol. The number of halogens is 4. The Balaban J connectivity index is 2.29. The van der Waals surface area contributed by atoms with Gasteiger partial charge >= 0.3 is 6.18 Å². The summed E-state index contributed by atoms with van der Waals surface area (Å²) in [4.78, 5) is 23.1. The zero-order valence-corrected chi connectivity index (χ0v) is 11.9. The first-order chi connectivity index (χ1) is 10.2.